The molecule has 7 nitrogen and oxygen atoms in total. The van der Waals surface area contributed by atoms with E-state index >= 15 is 0 Å². The number of fused-ring (bicyclic) bond motifs is 1. The molecule has 6 atom stereocenters. The quantitative estimate of drug-likeness (QED) is 0.584. The van der Waals surface area contributed by atoms with E-state index in [2.05, 4.69) is 6.58 Å². The molecule has 3 aliphatic rings. The van der Waals surface area contributed by atoms with Crippen LogP contribution in [0.15, 0.2) is 30.9 Å². The lowest BCUT2D eigenvalue weighted by molar-refractivity contribution is -0.149. The Bertz CT molecular complexity index is 967. The van der Waals surface area contributed by atoms with E-state index < -0.39 is 28.6 Å². The van der Waals surface area contributed by atoms with Crippen molar-refractivity contribution in [3.05, 3.63) is 41.4 Å². The zero-order valence-corrected chi connectivity index (χ0v) is 19.6. The van der Waals surface area contributed by atoms with Gasteiger partial charge in [0.15, 0.2) is 0 Å². The molecule has 9 heteroatoms. The van der Waals surface area contributed by atoms with E-state index in [1.54, 1.807) is 23.1 Å². The number of carbonyl (C=O) groups excluding carboxylic acids is 2. The van der Waals surface area contributed by atoms with Crippen LogP contribution < -0.4 is 4.90 Å². The highest BCUT2D eigenvalue weighted by Crippen LogP contribution is 2.68. The third-order valence-corrected chi connectivity index (χ3v) is 9.52. The maximum atomic E-state index is 14.2. The number of nitrogens with zero attached hydrogens (tertiary/aromatic N) is 2. The average Bonchev–Trinajstić information content (AvgIpc) is 3.31. The minimum absolute atomic E-state index is 0.0266. The molecule has 32 heavy (non-hydrogen) atoms. The van der Waals surface area contributed by atoms with Gasteiger partial charge in [0.1, 0.15) is 6.04 Å². The van der Waals surface area contributed by atoms with Crippen molar-refractivity contribution >= 4 is 46.8 Å². The molecular formula is C23H27ClN2O5S. The third-order valence-electron chi connectivity index (χ3n) is 7.14. The molecule has 3 saturated heterocycles. The number of aliphatic hydroxyl groups is 1. The fourth-order valence-corrected chi connectivity index (χ4v) is 8.70. The standard InChI is InChI=1S/C23H27ClN2O5S/c1-4-8-25(18-12(2)6-5-7-14(18)24)21(29)19-23-13(3)11-15(32-23)16(22(30)31)17(23)20(28)26(19)9-10-27/h4-7,13,15-17,19,27H,1,8-11H2,2-3H3,(H,30,31)/t13?,15-,16+,17+,19?,23?/m1/s1. The summed E-state index contributed by atoms with van der Waals surface area (Å²) in [4.78, 5) is 42.8. The van der Waals surface area contributed by atoms with Gasteiger partial charge in [-0.3, -0.25) is 14.4 Å². The number of carboxylic acid groups (broad SMARTS) is 1. The largest absolute Gasteiger partial charge is 0.481 e. The molecule has 0 radical (unpaired) electrons. The van der Waals surface area contributed by atoms with Gasteiger partial charge < -0.3 is 20.0 Å². The van der Waals surface area contributed by atoms with Gasteiger partial charge >= 0.3 is 5.97 Å². The molecule has 1 aromatic carbocycles. The maximum Gasteiger partial charge on any atom is 0.308 e. The predicted octanol–water partition coefficient (Wildman–Crippen LogP) is 2.58. The van der Waals surface area contributed by atoms with E-state index in [-0.39, 0.29) is 42.7 Å². The summed E-state index contributed by atoms with van der Waals surface area (Å²) in [5, 5.41) is 19.8. The van der Waals surface area contributed by atoms with E-state index in [1.807, 2.05) is 19.9 Å². The van der Waals surface area contributed by atoms with Crippen LogP contribution in [0.1, 0.15) is 18.9 Å². The number of aliphatic hydroxyl groups excluding tert-OH is 1. The number of para-hydroxylation sites is 1. The number of carbonyl (C=O) groups is 3. The number of hydrogen-bond acceptors (Lipinski definition) is 5. The number of hydrogen-bond donors (Lipinski definition) is 2. The van der Waals surface area contributed by atoms with Crippen molar-refractivity contribution in [3.8, 4) is 0 Å². The van der Waals surface area contributed by atoms with Crippen molar-refractivity contribution in [3.63, 3.8) is 0 Å². The van der Waals surface area contributed by atoms with Crippen LogP contribution in [0.25, 0.3) is 0 Å². The van der Waals surface area contributed by atoms with Crippen LogP contribution in [0.4, 0.5) is 5.69 Å². The summed E-state index contributed by atoms with van der Waals surface area (Å²) in [6.45, 7) is 7.48. The number of rotatable bonds is 7. The fraction of sp³-hybridized carbons (Fsp3) is 0.522. The lowest BCUT2D eigenvalue weighted by atomic mass is 9.66. The van der Waals surface area contributed by atoms with Crippen molar-refractivity contribution in [2.75, 3.05) is 24.6 Å². The second-order valence-corrected chi connectivity index (χ2v) is 10.7. The van der Waals surface area contributed by atoms with Crippen LogP contribution in [-0.2, 0) is 14.4 Å². The lowest BCUT2D eigenvalue weighted by Gasteiger charge is -2.40. The Morgan fingerprint density at radius 2 is 2.16 bits per heavy atom. The van der Waals surface area contributed by atoms with E-state index in [1.165, 1.54) is 16.7 Å². The number of anilines is 1. The average molecular weight is 479 g/mol. The summed E-state index contributed by atoms with van der Waals surface area (Å²) in [5.41, 5.74) is 1.36. The highest BCUT2D eigenvalue weighted by atomic mass is 35.5. The summed E-state index contributed by atoms with van der Waals surface area (Å²) >= 11 is 7.96. The zero-order valence-electron chi connectivity index (χ0n) is 18.0. The molecule has 2 bridgehead atoms. The number of β-amino-alcohol motifs (C(OH)–C–C–N with tert-alkyl or cyclic N) is 1. The number of carboxylic acids is 1. The molecule has 0 aromatic heterocycles. The van der Waals surface area contributed by atoms with Gasteiger partial charge in [-0.15, -0.1) is 18.3 Å². The van der Waals surface area contributed by atoms with Crippen molar-refractivity contribution in [2.45, 2.75) is 36.3 Å². The van der Waals surface area contributed by atoms with Gasteiger partial charge in [-0.25, -0.2) is 0 Å². The number of aliphatic carboxylic acids is 1. The molecule has 2 amide bonds. The Kier molecular flexibility index (Phi) is 6.07. The van der Waals surface area contributed by atoms with Crippen LogP contribution in [0.5, 0.6) is 0 Å². The molecule has 1 aromatic rings. The van der Waals surface area contributed by atoms with Gasteiger partial charge in [0.25, 0.3) is 5.91 Å². The van der Waals surface area contributed by atoms with Crippen LogP contribution in [0.2, 0.25) is 5.02 Å². The SMILES string of the molecule is C=CCN(C(=O)C1N(CCO)C(=O)[C@@H]2[C@@H](C(=O)O)[C@H]3CC(C)C12S3)c1c(C)cccc1Cl. The first-order valence-corrected chi connectivity index (χ1v) is 12.0. The van der Waals surface area contributed by atoms with Gasteiger partial charge in [0.05, 0.1) is 33.9 Å². The van der Waals surface area contributed by atoms with Gasteiger partial charge in [0.2, 0.25) is 5.91 Å². The molecule has 0 aliphatic carbocycles. The number of thioether (sulfide) groups is 1. The van der Waals surface area contributed by atoms with Crippen LogP contribution in [0, 0.1) is 24.7 Å². The predicted molar refractivity (Wildman–Crippen MR) is 124 cm³/mol. The Labute approximate surface area is 196 Å². The molecule has 1 spiro atoms. The molecule has 172 valence electrons. The fourth-order valence-electron chi connectivity index (χ4n) is 5.96. The van der Waals surface area contributed by atoms with E-state index in [0.29, 0.717) is 17.1 Å². The Hall–Kier alpha value is -2.03. The number of halogens is 1. The highest BCUT2D eigenvalue weighted by Gasteiger charge is 2.76. The molecule has 2 N–H and O–H groups in total. The monoisotopic (exact) mass is 478 g/mol. The first kappa shape index (κ1) is 23.1. The van der Waals surface area contributed by atoms with Crippen molar-refractivity contribution in [2.24, 2.45) is 17.8 Å². The smallest absolute Gasteiger partial charge is 0.308 e. The summed E-state index contributed by atoms with van der Waals surface area (Å²) in [6, 6.07) is 4.48. The first-order chi connectivity index (χ1) is 15.2. The van der Waals surface area contributed by atoms with Crippen molar-refractivity contribution in [1.29, 1.82) is 0 Å². The number of aryl methyl sites for hydroxylation is 1. The van der Waals surface area contributed by atoms with E-state index in [4.69, 9.17) is 11.6 Å². The second kappa shape index (κ2) is 8.39. The normalized spacial score (nSPS) is 32.8. The van der Waals surface area contributed by atoms with E-state index in [0.717, 1.165) is 5.56 Å². The summed E-state index contributed by atoms with van der Waals surface area (Å²) in [7, 11) is 0. The summed E-state index contributed by atoms with van der Waals surface area (Å²) in [6.07, 6.45) is 2.24. The van der Waals surface area contributed by atoms with Crippen molar-refractivity contribution in [1.82, 2.24) is 4.90 Å². The van der Waals surface area contributed by atoms with E-state index in [9.17, 15) is 24.6 Å². The highest BCUT2D eigenvalue weighted by molar-refractivity contribution is 8.02. The lowest BCUT2D eigenvalue weighted by Crippen LogP contribution is -2.57. The molecule has 3 fully saturated rings. The molecule has 3 aliphatic heterocycles. The Morgan fingerprint density at radius 1 is 1.44 bits per heavy atom. The van der Waals surface area contributed by atoms with Crippen LogP contribution in [0.3, 0.4) is 0 Å². The summed E-state index contributed by atoms with van der Waals surface area (Å²) < 4.78 is -0.856. The van der Waals surface area contributed by atoms with Gasteiger partial charge in [0, 0.05) is 18.3 Å². The Morgan fingerprint density at radius 3 is 2.75 bits per heavy atom. The second-order valence-electron chi connectivity index (χ2n) is 8.79. The Balaban J connectivity index is 1.85. The topological polar surface area (TPSA) is 98.2 Å². The van der Waals surface area contributed by atoms with Gasteiger partial charge in [-0.05, 0) is 30.9 Å². The zero-order chi connectivity index (χ0) is 23.4. The molecule has 4 rings (SSSR count). The van der Waals surface area contributed by atoms with Crippen molar-refractivity contribution < 1.29 is 24.6 Å². The molecule has 3 heterocycles. The van der Waals surface area contributed by atoms with Gasteiger partial charge in [-0.1, -0.05) is 36.7 Å². The summed E-state index contributed by atoms with van der Waals surface area (Å²) in [5.74, 6) is -3.35. The van der Waals surface area contributed by atoms with Gasteiger partial charge in [-0.2, -0.15) is 0 Å². The number of amides is 2. The number of benzene rings is 1. The minimum Gasteiger partial charge on any atom is -0.481 e. The maximum absolute atomic E-state index is 14.2. The third kappa shape index (κ3) is 3.10. The number of likely N-dealkylation sites (tertiary alicyclic amines) is 1. The molecular weight excluding hydrogens is 452 g/mol. The first-order valence-electron chi connectivity index (χ1n) is 10.7. The minimum atomic E-state index is -1.00. The molecule has 0 saturated carbocycles. The molecule has 3 unspecified atom stereocenters. The van der Waals surface area contributed by atoms with Crippen LogP contribution >= 0.6 is 23.4 Å². The van der Waals surface area contributed by atoms with Crippen LogP contribution in [-0.4, -0.2) is 68.6 Å².